The predicted molar refractivity (Wildman–Crippen MR) is 78.5 cm³/mol. The van der Waals surface area contributed by atoms with Crippen molar-refractivity contribution in [3.05, 3.63) is 0 Å². The monoisotopic (exact) mass is 295 g/mol. The third-order valence-corrected chi connectivity index (χ3v) is 4.78. The Morgan fingerprint density at radius 2 is 1.86 bits per heavy atom. The Bertz CT molecular complexity index is 441. The number of rotatable bonds is 4. The molecular formula is C15H25N3O3. The molecule has 4 amide bonds. The van der Waals surface area contributed by atoms with Crippen LogP contribution in [0.2, 0.25) is 0 Å². The van der Waals surface area contributed by atoms with E-state index < -0.39 is 11.6 Å². The highest BCUT2D eigenvalue weighted by Gasteiger charge is 2.53. The van der Waals surface area contributed by atoms with Crippen molar-refractivity contribution in [2.75, 3.05) is 6.54 Å². The van der Waals surface area contributed by atoms with Crippen LogP contribution in [0.5, 0.6) is 0 Å². The molecule has 21 heavy (non-hydrogen) atoms. The fourth-order valence-electron chi connectivity index (χ4n) is 3.06. The van der Waals surface area contributed by atoms with E-state index in [0.717, 1.165) is 19.3 Å². The first-order chi connectivity index (χ1) is 9.86. The number of urea groups is 1. The van der Waals surface area contributed by atoms with Crippen LogP contribution in [0.15, 0.2) is 0 Å². The summed E-state index contributed by atoms with van der Waals surface area (Å²) in [5.41, 5.74) is -0.798. The van der Waals surface area contributed by atoms with Crippen molar-refractivity contribution in [1.82, 2.24) is 15.5 Å². The molecule has 1 unspecified atom stereocenters. The maximum Gasteiger partial charge on any atom is 0.325 e. The number of carbonyl (C=O) groups is 3. The van der Waals surface area contributed by atoms with E-state index in [-0.39, 0.29) is 24.4 Å². The lowest BCUT2D eigenvalue weighted by molar-refractivity contribution is -0.130. The second kappa shape index (κ2) is 6.03. The van der Waals surface area contributed by atoms with Gasteiger partial charge < -0.3 is 10.2 Å². The molecule has 2 N–H and O–H groups in total. The van der Waals surface area contributed by atoms with Crippen LogP contribution in [0.3, 0.4) is 0 Å². The zero-order valence-corrected chi connectivity index (χ0v) is 13.1. The molecule has 6 nitrogen and oxygen atoms in total. The molecule has 0 aromatic carbocycles. The van der Waals surface area contributed by atoms with Gasteiger partial charge in [0.2, 0.25) is 5.91 Å². The smallest absolute Gasteiger partial charge is 0.325 e. The van der Waals surface area contributed by atoms with Gasteiger partial charge in [0.25, 0.3) is 5.91 Å². The summed E-state index contributed by atoms with van der Waals surface area (Å²) in [6.07, 6.45) is 4.21. The lowest BCUT2D eigenvalue weighted by Crippen LogP contribution is -2.54. The maximum absolute atomic E-state index is 12.2. The third-order valence-electron chi connectivity index (χ3n) is 4.78. The van der Waals surface area contributed by atoms with E-state index >= 15 is 0 Å². The molecule has 1 aliphatic carbocycles. The first-order valence-corrected chi connectivity index (χ1v) is 7.79. The van der Waals surface area contributed by atoms with E-state index in [9.17, 15) is 14.4 Å². The van der Waals surface area contributed by atoms with Crippen LogP contribution in [-0.4, -0.2) is 40.9 Å². The van der Waals surface area contributed by atoms with Crippen molar-refractivity contribution in [3.63, 3.8) is 0 Å². The van der Waals surface area contributed by atoms with Gasteiger partial charge >= 0.3 is 6.03 Å². The summed E-state index contributed by atoms with van der Waals surface area (Å²) >= 11 is 0. The molecule has 1 heterocycles. The molecule has 1 atom stereocenters. The van der Waals surface area contributed by atoms with Crippen molar-refractivity contribution < 1.29 is 14.4 Å². The van der Waals surface area contributed by atoms with Gasteiger partial charge in [-0.2, -0.15) is 0 Å². The summed E-state index contributed by atoms with van der Waals surface area (Å²) < 4.78 is 0. The molecule has 1 saturated carbocycles. The minimum absolute atomic E-state index is 0.0428. The van der Waals surface area contributed by atoms with Crippen LogP contribution >= 0.6 is 0 Å². The molecule has 0 aromatic heterocycles. The quantitative estimate of drug-likeness (QED) is 0.770. The van der Waals surface area contributed by atoms with Gasteiger partial charge in [-0.05, 0) is 25.7 Å². The van der Waals surface area contributed by atoms with Crippen LogP contribution in [0.25, 0.3) is 0 Å². The first-order valence-electron chi connectivity index (χ1n) is 7.79. The standard InChI is InChI=1S/C15H25N3O3/c1-10(2)11(3)16-12(19)9-18-14(21)17-13(20)15(18)7-5-4-6-8-15/h10-11H,4-9H2,1-3H3,(H,16,19)(H,17,20,21). The van der Waals surface area contributed by atoms with Gasteiger partial charge in [0.1, 0.15) is 12.1 Å². The SMILES string of the molecule is CC(C)C(C)NC(=O)CN1C(=O)NC(=O)C12CCCCC2. The van der Waals surface area contributed by atoms with Gasteiger partial charge in [0, 0.05) is 6.04 Å². The van der Waals surface area contributed by atoms with E-state index in [0.29, 0.717) is 18.8 Å². The topological polar surface area (TPSA) is 78.5 Å². The lowest BCUT2D eigenvalue weighted by Gasteiger charge is -2.38. The zero-order valence-electron chi connectivity index (χ0n) is 13.1. The molecule has 1 saturated heterocycles. The molecule has 0 bridgehead atoms. The highest BCUT2D eigenvalue weighted by atomic mass is 16.2. The highest BCUT2D eigenvalue weighted by molar-refractivity contribution is 6.08. The Balaban J connectivity index is 2.07. The summed E-state index contributed by atoms with van der Waals surface area (Å²) in [6, 6.07) is -0.393. The minimum Gasteiger partial charge on any atom is -0.352 e. The Hall–Kier alpha value is -1.59. The molecule has 2 fully saturated rings. The van der Waals surface area contributed by atoms with Gasteiger partial charge in [-0.3, -0.25) is 14.9 Å². The van der Waals surface area contributed by atoms with Gasteiger partial charge in [-0.15, -0.1) is 0 Å². The summed E-state index contributed by atoms with van der Waals surface area (Å²) in [6.45, 7) is 5.95. The summed E-state index contributed by atoms with van der Waals surface area (Å²) in [5.74, 6) is -0.116. The molecule has 118 valence electrons. The van der Waals surface area contributed by atoms with E-state index in [1.165, 1.54) is 4.90 Å². The largest absolute Gasteiger partial charge is 0.352 e. The Morgan fingerprint density at radius 1 is 1.24 bits per heavy atom. The normalized spacial score (nSPS) is 22.6. The molecule has 6 heteroatoms. The molecular weight excluding hydrogens is 270 g/mol. The Kier molecular flexibility index (Phi) is 4.54. The maximum atomic E-state index is 12.2. The second-order valence-electron chi connectivity index (χ2n) is 6.54. The molecule has 2 aliphatic rings. The number of nitrogens with one attached hydrogen (secondary N) is 2. The fraction of sp³-hybridized carbons (Fsp3) is 0.800. The molecule has 1 aliphatic heterocycles. The van der Waals surface area contributed by atoms with E-state index in [4.69, 9.17) is 0 Å². The van der Waals surface area contributed by atoms with Crippen molar-refractivity contribution in [1.29, 1.82) is 0 Å². The van der Waals surface area contributed by atoms with Crippen molar-refractivity contribution >= 4 is 17.8 Å². The fourth-order valence-corrected chi connectivity index (χ4v) is 3.06. The zero-order chi connectivity index (χ0) is 15.6. The number of carbonyl (C=O) groups excluding carboxylic acids is 3. The average Bonchev–Trinajstić information content (AvgIpc) is 2.64. The van der Waals surface area contributed by atoms with Gasteiger partial charge in [-0.1, -0.05) is 33.1 Å². The number of nitrogens with zero attached hydrogens (tertiary/aromatic N) is 1. The average molecular weight is 295 g/mol. The lowest BCUT2D eigenvalue weighted by atomic mass is 9.80. The summed E-state index contributed by atoms with van der Waals surface area (Å²) in [4.78, 5) is 37.8. The van der Waals surface area contributed by atoms with Crippen molar-refractivity contribution in [2.45, 2.75) is 64.5 Å². The molecule has 0 aromatic rings. The minimum atomic E-state index is -0.798. The Morgan fingerprint density at radius 3 is 2.43 bits per heavy atom. The Labute approximate surface area is 125 Å². The van der Waals surface area contributed by atoms with E-state index in [1.807, 2.05) is 20.8 Å². The van der Waals surface area contributed by atoms with Gasteiger partial charge in [0.15, 0.2) is 0 Å². The van der Waals surface area contributed by atoms with Crippen molar-refractivity contribution in [2.24, 2.45) is 5.92 Å². The first kappa shape index (κ1) is 15.8. The van der Waals surface area contributed by atoms with Gasteiger partial charge in [-0.25, -0.2) is 4.79 Å². The van der Waals surface area contributed by atoms with Crippen LogP contribution in [0.4, 0.5) is 4.79 Å². The second-order valence-corrected chi connectivity index (χ2v) is 6.54. The van der Waals surface area contributed by atoms with Gasteiger partial charge in [0.05, 0.1) is 0 Å². The van der Waals surface area contributed by atoms with Crippen LogP contribution in [-0.2, 0) is 9.59 Å². The van der Waals surface area contributed by atoms with Crippen molar-refractivity contribution in [3.8, 4) is 0 Å². The molecule has 1 spiro atoms. The van der Waals surface area contributed by atoms with Crippen LogP contribution in [0.1, 0.15) is 52.9 Å². The van der Waals surface area contributed by atoms with E-state index in [2.05, 4.69) is 10.6 Å². The molecule has 0 radical (unpaired) electrons. The number of amides is 4. The van der Waals surface area contributed by atoms with Crippen LogP contribution < -0.4 is 10.6 Å². The third kappa shape index (κ3) is 3.04. The predicted octanol–water partition coefficient (Wildman–Crippen LogP) is 1.40. The summed E-state index contributed by atoms with van der Waals surface area (Å²) in [5, 5.41) is 5.27. The summed E-state index contributed by atoms with van der Waals surface area (Å²) in [7, 11) is 0. The number of hydrogen-bond donors (Lipinski definition) is 2. The highest BCUT2D eigenvalue weighted by Crippen LogP contribution is 2.36. The number of imide groups is 1. The molecule has 2 rings (SSSR count). The number of hydrogen-bond acceptors (Lipinski definition) is 3. The van der Waals surface area contributed by atoms with E-state index in [1.54, 1.807) is 0 Å². The van der Waals surface area contributed by atoms with Crippen LogP contribution in [0, 0.1) is 5.92 Å².